The second-order valence-corrected chi connectivity index (χ2v) is 2.63. The summed E-state index contributed by atoms with van der Waals surface area (Å²) in [7, 11) is 0. The zero-order valence-corrected chi connectivity index (χ0v) is 7.38. The number of halogens is 1. The van der Waals surface area contributed by atoms with Gasteiger partial charge in [0.25, 0.3) is 0 Å². The topological polar surface area (TPSA) is 0 Å². The quantitative estimate of drug-likeness (QED) is 0.480. The molecule has 0 atom stereocenters. The van der Waals surface area contributed by atoms with Gasteiger partial charge in [0.2, 0.25) is 0 Å². The van der Waals surface area contributed by atoms with Crippen LogP contribution >= 0.6 is 11.6 Å². The van der Waals surface area contributed by atoms with E-state index in [0.29, 0.717) is 5.88 Å². The van der Waals surface area contributed by atoms with Crippen molar-refractivity contribution in [3.05, 3.63) is 41.5 Å². The van der Waals surface area contributed by atoms with Crippen molar-refractivity contribution in [3.63, 3.8) is 0 Å². The van der Waals surface area contributed by atoms with Gasteiger partial charge in [0.15, 0.2) is 0 Å². The Labute approximate surface area is 77.9 Å². The molecule has 0 bridgehead atoms. The first kappa shape index (κ1) is 8.90. The van der Waals surface area contributed by atoms with E-state index in [1.54, 1.807) is 0 Å². The lowest BCUT2D eigenvalue weighted by atomic mass is 10.1. The molecule has 0 heterocycles. The van der Waals surface area contributed by atoms with E-state index in [4.69, 9.17) is 18.0 Å². The van der Waals surface area contributed by atoms with Gasteiger partial charge >= 0.3 is 0 Å². The van der Waals surface area contributed by atoms with E-state index in [0.717, 1.165) is 11.1 Å². The van der Waals surface area contributed by atoms with Crippen LogP contribution in [0.25, 0.3) is 6.08 Å². The lowest BCUT2D eigenvalue weighted by Gasteiger charge is -1.92. The third kappa shape index (κ3) is 2.45. The number of hydrogen-bond acceptors (Lipinski definition) is 0. The van der Waals surface area contributed by atoms with Crippen molar-refractivity contribution >= 4 is 17.7 Å². The lowest BCUT2D eigenvalue weighted by Crippen LogP contribution is -1.74. The van der Waals surface area contributed by atoms with Crippen LogP contribution in [0.5, 0.6) is 0 Å². The summed E-state index contributed by atoms with van der Waals surface area (Å²) in [5.41, 5.74) is 2.02. The van der Waals surface area contributed by atoms with Crippen LogP contribution in [0.4, 0.5) is 0 Å². The molecular formula is C11H9Cl. The third-order valence-electron chi connectivity index (χ3n) is 1.48. The monoisotopic (exact) mass is 176 g/mol. The van der Waals surface area contributed by atoms with Crippen molar-refractivity contribution in [2.45, 2.75) is 0 Å². The van der Waals surface area contributed by atoms with Crippen LogP contribution < -0.4 is 0 Å². The van der Waals surface area contributed by atoms with Gasteiger partial charge in [-0.1, -0.05) is 30.2 Å². The molecule has 1 heteroatoms. The Morgan fingerprint density at radius 2 is 2.00 bits per heavy atom. The number of terminal acetylenes is 1. The summed E-state index contributed by atoms with van der Waals surface area (Å²) in [4.78, 5) is 0. The van der Waals surface area contributed by atoms with Gasteiger partial charge in [-0.25, -0.2) is 0 Å². The van der Waals surface area contributed by atoms with Gasteiger partial charge in [-0.3, -0.25) is 0 Å². The molecule has 0 N–H and O–H groups in total. The van der Waals surface area contributed by atoms with Gasteiger partial charge in [0.05, 0.1) is 0 Å². The van der Waals surface area contributed by atoms with E-state index < -0.39 is 0 Å². The number of benzene rings is 1. The Hall–Kier alpha value is -1.19. The highest BCUT2D eigenvalue weighted by Crippen LogP contribution is 2.04. The Morgan fingerprint density at radius 1 is 1.33 bits per heavy atom. The standard InChI is InChI=1S/C11H9Cl/c1-2-10-5-7-11(8-6-10)4-3-9-12/h1,3-8H,9H2. The predicted molar refractivity (Wildman–Crippen MR) is 54.1 cm³/mol. The molecule has 1 aromatic carbocycles. The van der Waals surface area contributed by atoms with Gasteiger partial charge in [-0.15, -0.1) is 18.0 Å². The molecule has 1 aromatic rings. The van der Waals surface area contributed by atoms with Gasteiger partial charge < -0.3 is 0 Å². The second-order valence-electron chi connectivity index (χ2n) is 2.32. The highest BCUT2D eigenvalue weighted by Gasteiger charge is 1.86. The van der Waals surface area contributed by atoms with Gasteiger partial charge in [-0.2, -0.15) is 0 Å². The molecule has 0 fully saturated rings. The number of allylic oxidation sites excluding steroid dienone is 1. The molecule has 60 valence electrons. The molecule has 0 nitrogen and oxygen atoms in total. The molecule has 0 aliphatic rings. The Balaban J connectivity index is 2.80. The summed E-state index contributed by atoms with van der Waals surface area (Å²) < 4.78 is 0. The van der Waals surface area contributed by atoms with Gasteiger partial charge in [0.1, 0.15) is 0 Å². The predicted octanol–water partition coefficient (Wildman–Crippen LogP) is 2.92. The molecule has 0 spiro atoms. The normalized spacial score (nSPS) is 10.0. The molecular weight excluding hydrogens is 168 g/mol. The maximum Gasteiger partial charge on any atom is 0.0407 e. The van der Waals surface area contributed by atoms with E-state index in [-0.39, 0.29) is 0 Å². The Bertz CT molecular complexity index is 301. The molecule has 12 heavy (non-hydrogen) atoms. The average Bonchev–Trinajstić information content (AvgIpc) is 2.15. The van der Waals surface area contributed by atoms with Crippen LogP contribution in [0.1, 0.15) is 11.1 Å². The smallest absolute Gasteiger partial charge is 0.0407 e. The number of alkyl halides is 1. The maximum absolute atomic E-state index is 5.49. The van der Waals surface area contributed by atoms with Crippen molar-refractivity contribution in [2.24, 2.45) is 0 Å². The summed E-state index contributed by atoms with van der Waals surface area (Å²) in [5.74, 6) is 3.10. The minimum atomic E-state index is 0.539. The van der Waals surface area contributed by atoms with Crippen LogP contribution in [0.15, 0.2) is 30.3 Å². The number of hydrogen-bond donors (Lipinski definition) is 0. The van der Waals surface area contributed by atoms with Crippen molar-refractivity contribution in [1.29, 1.82) is 0 Å². The van der Waals surface area contributed by atoms with Crippen LogP contribution in [0, 0.1) is 12.3 Å². The fourth-order valence-corrected chi connectivity index (χ4v) is 0.960. The first-order valence-corrected chi connectivity index (χ1v) is 4.19. The van der Waals surface area contributed by atoms with E-state index in [1.165, 1.54) is 0 Å². The highest BCUT2D eigenvalue weighted by atomic mass is 35.5. The summed E-state index contributed by atoms with van der Waals surface area (Å²) in [6.45, 7) is 0. The van der Waals surface area contributed by atoms with E-state index in [2.05, 4.69) is 5.92 Å². The number of rotatable bonds is 2. The summed E-state index contributed by atoms with van der Waals surface area (Å²) >= 11 is 5.49. The summed E-state index contributed by atoms with van der Waals surface area (Å²) in [6, 6.07) is 7.76. The summed E-state index contributed by atoms with van der Waals surface area (Å²) in [6.07, 6.45) is 9.07. The van der Waals surface area contributed by atoms with Crippen LogP contribution in [-0.2, 0) is 0 Å². The van der Waals surface area contributed by atoms with Gasteiger partial charge in [-0.05, 0) is 17.7 Å². The minimum Gasteiger partial charge on any atom is -0.122 e. The second kappa shape index (κ2) is 4.64. The van der Waals surface area contributed by atoms with E-state index in [1.807, 2.05) is 36.4 Å². The summed E-state index contributed by atoms with van der Waals surface area (Å²) in [5, 5.41) is 0. The zero-order chi connectivity index (χ0) is 8.81. The van der Waals surface area contributed by atoms with Crippen molar-refractivity contribution < 1.29 is 0 Å². The van der Waals surface area contributed by atoms with Gasteiger partial charge in [0, 0.05) is 11.4 Å². The minimum absolute atomic E-state index is 0.539. The molecule has 0 aliphatic carbocycles. The molecule has 1 rings (SSSR count). The Kier molecular flexibility index (Phi) is 3.44. The fraction of sp³-hybridized carbons (Fsp3) is 0.0909. The zero-order valence-electron chi connectivity index (χ0n) is 6.63. The fourth-order valence-electron chi connectivity index (χ4n) is 0.871. The Morgan fingerprint density at radius 3 is 2.50 bits per heavy atom. The van der Waals surface area contributed by atoms with Crippen molar-refractivity contribution in [2.75, 3.05) is 5.88 Å². The SMILES string of the molecule is C#Cc1ccc(C=CCCl)cc1. The largest absolute Gasteiger partial charge is 0.122 e. The molecule has 0 saturated heterocycles. The molecule has 0 unspecified atom stereocenters. The molecule has 0 aromatic heterocycles. The van der Waals surface area contributed by atoms with Crippen LogP contribution in [0.2, 0.25) is 0 Å². The first-order valence-electron chi connectivity index (χ1n) is 3.66. The molecule has 0 amide bonds. The third-order valence-corrected chi connectivity index (χ3v) is 1.65. The molecule has 0 aliphatic heterocycles. The van der Waals surface area contributed by atoms with Crippen molar-refractivity contribution in [1.82, 2.24) is 0 Å². The van der Waals surface area contributed by atoms with E-state index in [9.17, 15) is 0 Å². The van der Waals surface area contributed by atoms with Crippen LogP contribution in [-0.4, -0.2) is 5.88 Å². The van der Waals surface area contributed by atoms with E-state index >= 15 is 0 Å². The maximum atomic E-state index is 5.49. The highest BCUT2D eigenvalue weighted by molar-refractivity contribution is 6.19. The first-order chi connectivity index (χ1) is 5.86. The molecule has 0 saturated carbocycles. The molecule has 0 radical (unpaired) electrons. The lowest BCUT2D eigenvalue weighted by molar-refractivity contribution is 1.60. The van der Waals surface area contributed by atoms with Crippen LogP contribution in [0.3, 0.4) is 0 Å². The van der Waals surface area contributed by atoms with Crippen molar-refractivity contribution in [3.8, 4) is 12.3 Å². The average molecular weight is 177 g/mol.